The van der Waals surface area contributed by atoms with Gasteiger partial charge in [-0.3, -0.25) is 9.79 Å². The summed E-state index contributed by atoms with van der Waals surface area (Å²) in [6, 6.07) is 0. The second kappa shape index (κ2) is 14.2. The highest BCUT2D eigenvalue weighted by Crippen LogP contribution is 2.18. The van der Waals surface area contributed by atoms with Crippen LogP contribution in [0.15, 0.2) is 28.9 Å². The highest BCUT2D eigenvalue weighted by Gasteiger charge is 2.17. The highest BCUT2D eigenvalue weighted by molar-refractivity contribution is 5.85. The van der Waals surface area contributed by atoms with Crippen LogP contribution in [0.2, 0.25) is 0 Å². The van der Waals surface area contributed by atoms with Gasteiger partial charge >= 0.3 is 5.97 Å². The number of aliphatic carboxylic acids is 1. The molecule has 0 aromatic rings. The summed E-state index contributed by atoms with van der Waals surface area (Å²) >= 11 is 0. The smallest absolute Gasteiger partial charge is 0.319 e. The van der Waals surface area contributed by atoms with Crippen molar-refractivity contribution in [3.63, 3.8) is 0 Å². The first-order valence-electron chi connectivity index (χ1n) is 8.50. The van der Waals surface area contributed by atoms with Crippen LogP contribution in [0.5, 0.6) is 0 Å². The van der Waals surface area contributed by atoms with Crippen molar-refractivity contribution in [2.45, 2.75) is 12.8 Å². The Morgan fingerprint density at radius 3 is 2.31 bits per heavy atom. The number of hydrogen-bond acceptors (Lipinski definition) is 6. The third kappa shape index (κ3) is 10.8. The second-order valence-electron chi connectivity index (χ2n) is 5.46. The standard InChI is InChI=1S/C19H27NO6/c1-16-13-18(20-15-16)14-17(19(21)22)5-3-4-6-24-9-10-26-12-11-25-8-7-23-2/h13,15,17H,1,4,6-12,14H2,2H3,(H,21,22)/t17-/m0/s1. The molecule has 0 aliphatic carbocycles. The first-order chi connectivity index (χ1) is 12.6. The molecule has 1 aliphatic rings. The quantitative estimate of drug-likeness (QED) is 0.372. The summed E-state index contributed by atoms with van der Waals surface area (Å²) in [7, 11) is 1.63. The van der Waals surface area contributed by atoms with Crippen LogP contribution in [0.3, 0.4) is 0 Å². The molecule has 1 N–H and O–H groups in total. The van der Waals surface area contributed by atoms with Gasteiger partial charge in [-0.1, -0.05) is 18.4 Å². The number of hydrogen-bond donors (Lipinski definition) is 1. The van der Waals surface area contributed by atoms with Crippen molar-refractivity contribution >= 4 is 12.2 Å². The Bertz CT molecular complexity index is 558. The monoisotopic (exact) mass is 365 g/mol. The summed E-state index contributed by atoms with van der Waals surface area (Å²) in [5, 5.41) is 9.22. The lowest BCUT2D eigenvalue weighted by Crippen LogP contribution is -2.12. The van der Waals surface area contributed by atoms with E-state index in [1.165, 1.54) is 0 Å². The summed E-state index contributed by atoms with van der Waals surface area (Å²) in [6.07, 6.45) is 4.13. The number of ether oxygens (including phenoxy) is 4. The van der Waals surface area contributed by atoms with Crippen LogP contribution >= 0.6 is 0 Å². The average molecular weight is 365 g/mol. The molecule has 0 saturated carbocycles. The Kier molecular flexibility index (Phi) is 12.1. The van der Waals surface area contributed by atoms with Crippen molar-refractivity contribution in [1.29, 1.82) is 0 Å². The minimum Gasteiger partial charge on any atom is -0.480 e. The van der Waals surface area contributed by atoms with E-state index in [1.54, 1.807) is 19.4 Å². The summed E-state index contributed by atoms with van der Waals surface area (Å²) in [5.74, 6) is 3.89. The van der Waals surface area contributed by atoms with Gasteiger partial charge < -0.3 is 24.1 Å². The van der Waals surface area contributed by atoms with E-state index in [0.29, 0.717) is 58.4 Å². The molecule has 1 aliphatic heterocycles. The fraction of sp³-hybridized carbons (Fsp3) is 0.579. The lowest BCUT2D eigenvalue weighted by molar-refractivity contribution is -0.139. The summed E-state index contributed by atoms with van der Waals surface area (Å²) in [5.41, 5.74) is 1.46. The first-order valence-corrected chi connectivity index (χ1v) is 8.50. The Morgan fingerprint density at radius 2 is 1.77 bits per heavy atom. The number of nitrogens with zero attached hydrogens (tertiary/aromatic N) is 1. The lowest BCUT2D eigenvalue weighted by atomic mass is 10.0. The molecular weight excluding hydrogens is 338 g/mol. The molecule has 0 radical (unpaired) electrons. The van der Waals surface area contributed by atoms with Crippen molar-refractivity contribution in [2.24, 2.45) is 10.9 Å². The van der Waals surface area contributed by atoms with Crippen LogP contribution in [-0.2, 0) is 23.7 Å². The van der Waals surface area contributed by atoms with E-state index in [-0.39, 0.29) is 6.42 Å². The molecule has 0 amide bonds. The minimum atomic E-state index is -0.951. The van der Waals surface area contributed by atoms with E-state index in [0.717, 1.165) is 5.57 Å². The molecule has 0 aromatic carbocycles. The SMILES string of the molecule is C=C1C=NC(C[C@H](C#CCCOCCOCCOCCOC)C(=O)O)=C1. The predicted molar refractivity (Wildman–Crippen MR) is 98.2 cm³/mol. The topological polar surface area (TPSA) is 86.6 Å². The van der Waals surface area contributed by atoms with Gasteiger partial charge in [-0.25, -0.2) is 0 Å². The first kappa shape index (κ1) is 22.1. The molecule has 7 nitrogen and oxygen atoms in total. The molecule has 0 saturated heterocycles. The van der Waals surface area contributed by atoms with E-state index in [1.807, 2.05) is 0 Å². The van der Waals surface area contributed by atoms with Gasteiger partial charge in [-0.15, -0.1) is 0 Å². The van der Waals surface area contributed by atoms with Crippen LogP contribution in [0, 0.1) is 17.8 Å². The second-order valence-corrected chi connectivity index (χ2v) is 5.46. The Morgan fingerprint density at radius 1 is 1.15 bits per heavy atom. The van der Waals surface area contributed by atoms with Crippen molar-refractivity contribution in [2.75, 3.05) is 53.4 Å². The maximum Gasteiger partial charge on any atom is 0.319 e. The van der Waals surface area contributed by atoms with Gasteiger partial charge in [0.05, 0.1) is 46.2 Å². The molecule has 1 heterocycles. The van der Waals surface area contributed by atoms with Gasteiger partial charge in [0.25, 0.3) is 0 Å². The van der Waals surface area contributed by atoms with Crippen LogP contribution in [0.25, 0.3) is 0 Å². The molecule has 1 atom stereocenters. The molecule has 7 heteroatoms. The third-order valence-corrected chi connectivity index (χ3v) is 3.28. The molecular formula is C19H27NO6. The Labute approximate surface area is 154 Å². The molecule has 0 unspecified atom stereocenters. The molecule has 144 valence electrons. The van der Waals surface area contributed by atoms with Gasteiger partial charge in [0.15, 0.2) is 0 Å². The number of carboxylic acid groups (broad SMARTS) is 1. The number of aliphatic imine (C=N–C) groups is 1. The number of allylic oxidation sites excluding steroid dienone is 3. The lowest BCUT2D eigenvalue weighted by Gasteiger charge is -2.06. The maximum atomic E-state index is 11.2. The largest absolute Gasteiger partial charge is 0.480 e. The number of carboxylic acids is 1. The molecule has 0 aromatic heterocycles. The molecule has 0 spiro atoms. The van der Waals surface area contributed by atoms with Crippen molar-refractivity contribution in [1.82, 2.24) is 0 Å². The predicted octanol–water partition coefficient (Wildman–Crippen LogP) is 1.69. The van der Waals surface area contributed by atoms with Gasteiger partial charge in [-0.2, -0.15) is 0 Å². The van der Waals surface area contributed by atoms with Gasteiger partial charge in [0.1, 0.15) is 5.92 Å². The summed E-state index contributed by atoms with van der Waals surface area (Å²) < 4.78 is 20.8. The number of carbonyl (C=O) groups is 1. The highest BCUT2D eigenvalue weighted by atomic mass is 16.6. The average Bonchev–Trinajstić information content (AvgIpc) is 3.02. The summed E-state index contributed by atoms with van der Waals surface area (Å²) in [4.78, 5) is 15.4. The maximum absolute atomic E-state index is 11.2. The molecule has 26 heavy (non-hydrogen) atoms. The molecule has 0 fully saturated rings. The fourth-order valence-corrected chi connectivity index (χ4v) is 1.98. The van der Waals surface area contributed by atoms with Crippen LogP contribution < -0.4 is 0 Å². The normalized spacial score (nSPS) is 14.0. The zero-order valence-corrected chi connectivity index (χ0v) is 15.2. The van der Waals surface area contributed by atoms with Crippen LogP contribution in [-0.4, -0.2) is 70.6 Å². The van der Waals surface area contributed by atoms with Gasteiger partial charge in [0.2, 0.25) is 0 Å². The van der Waals surface area contributed by atoms with Crippen molar-refractivity contribution in [3.05, 3.63) is 23.9 Å². The molecule has 1 rings (SSSR count). The van der Waals surface area contributed by atoms with Crippen LogP contribution in [0.1, 0.15) is 12.8 Å². The fourth-order valence-electron chi connectivity index (χ4n) is 1.98. The zero-order valence-electron chi connectivity index (χ0n) is 15.2. The van der Waals surface area contributed by atoms with E-state index in [9.17, 15) is 9.90 Å². The molecule has 0 bridgehead atoms. The minimum absolute atomic E-state index is 0.277. The summed E-state index contributed by atoms with van der Waals surface area (Å²) in [6.45, 7) is 7.30. The van der Waals surface area contributed by atoms with Gasteiger partial charge in [0, 0.05) is 31.9 Å². The third-order valence-electron chi connectivity index (χ3n) is 3.28. The number of rotatable bonds is 14. The van der Waals surface area contributed by atoms with Crippen molar-refractivity contribution < 1.29 is 28.8 Å². The van der Waals surface area contributed by atoms with E-state index in [2.05, 4.69) is 23.4 Å². The Balaban J connectivity index is 2.05. The van der Waals surface area contributed by atoms with Crippen LogP contribution in [0.4, 0.5) is 0 Å². The van der Waals surface area contributed by atoms with E-state index < -0.39 is 11.9 Å². The van der Waals surface area contributed by atoms with E-state index >= 15 is 0 Å². The Hall–Kier alpha value is -1.98. The number of methoxy groups -OCH3 is 1. The van der Waals surface area contributed by atoms with Crippen molar-refractivity contribution in [3.8, 4) is 11.8 Å². The van der Waals surface area contributed by atoms with E-state index in [4.69, 9.17) is 18.9 Å². The zero-order chi connectivity index (χ0) is 19.0. The van der Waals surface area contributed by atoms with Gasteiger partial charge in [-0.05, 0) is 11.6 Å².